The fourth-order valence-electron chi connectivity index (χ4n) is 3.11. The molecule has 4 N–H and O–H groups in total. The summed E-state index contributed by atoms with van der Waals surface area (Å²) in [5.74, 6) is 0.707. The van der Waals surface area contributed by atoms with Crippen LogP contribution >= 0.6 is 0 Å². The van der Waals surface area contributed by atoms with E-state index in [4.69, 9.17) is 5.14 Å². The number of hydrogen-bond acceptors (Lipinski definition) is 5. The highest BCUT2D eigenvalue weighted by Crippen LogP contribution is 2.38. The molecule has 3 rings (SSSR count). The summed E-state index contributed by atoms with van der Waals surface area (Å²) in [5.41, 5.74) is 0.330. The number of nitrogens with one attached hydrogen (secondary N) is 2. The molecule has 2 aliphatic rings. The number of pyridine rings is 1. The second kappa shape index (κ2) is 4.98. The zero-order valence-corrected chi connectivity index (χ0v) is 12.1. The molecule has 7 heteroatoms. The van der Waals surface area contributed by atoms with Crippen molar-refractivity contribution in [1.29, 1.82) is 0 Å². The Labute approximate surface area is 119 Å². The zero-order chi connectivity index (χ0) is 14.2. The molecular formula is C13H20N4O2S. The molecule has 0 radical (unpaired) electrons. The zero-order valence-electron chi connectivity index (χ0n) is 11.3. The van der Waals surface area contributed by atoms with Crippen LogP contribution in [0.5, 0.6) is 0 Å². The highest BCUT2D eigenvalue weighted by atomic mass is 32.2. The van der Waals surface area contributed by atoms with Crippen LogP contribution in [0, 0.1) is 0 Å². The second-order valence-electron chi connectivity index (χ2n) is 5.82. The molecule has 1 aliphatic heterocycles. The van der Waals surface area contributed by atoms with Gasteiger partial charge < -0.3 is 10.6 Å². The lowest BCUT2D eigenvalue weighted by Crippen LogP contribution is -2.58. The Morgan fingerprint density at radius 3 is 2.75 bits per heavy atom. The Morgan fingerprint density at radius 1 is 1.40 bits per heavy atom. The van der Waals surface area contributed by atoms with Gasteiger partial charge >= 0.3 is 0 Å². The summed E-state index contributed by atoms with van der Waals surface area (Å²) in [6.07, 6.45) is 7.27. The van der Waals surface area contributed by atoms with Crippen molar-refractivity contribution in [3.63, 3.8) is 0 Å². The smallest absolute Gasteiger partial charge is 0.239 e. The van der Waals surface area contributed by atoms with Gasteiger partial charge in [-0.2, -0.15) is 0 Å². The van der Waals surface area contributed by atoms with Gasteiger partial charge in [0.2, 0.25) is 10.0 Å². The van der Waals surface area contributed by atoms with E-state index in [1.54, 1.807) is 6.07 Å². The molecule has 0 bridgehead atoms. The van der Waals surface area contributed by atoms with E-state index in [1.807, 2.05) is 0 Å². The monoisotopic (exact) mass is 296 g/mol. The Balaban J connectivity index is 1.65. The third kappa shape index (κ3) is 2.79. The van der Waals surface area contributed by atoms with Crippen molar-refractivity contribution in [1.82, 2.24) is 10.3 Å². The summed E-state index contributed by atoms with van der Waals surface area (Å²) in [6.45, 7) is 1.02. The quantitative estimate of drug-likeness (QED) is 0.767. The molecule has 1 aliphatic carbocycles. The van der Waals surface area contributed by atoms with Gasteiger partial charge in [-0.05, 0) is 50.8 Å². The van der Waals surface area contributed by atoms with E-state index in [0.29, 0.717) is 17.4 Å². The van der Waals surface area contributed by atoms with E-state index in [9.17, 15) is 8.42 Å². The third-order valence-electron chi connectivity index (χ3n) is 4.36. The highest BCUT2D eigenvalue weighted by Gasteiger charge is 2.40. The summed E-state index contributed by atoms with van der Waals surface area (Å²) >= 11 is 0. The second-order valence-corrected chi connectivity index (χ2v) is 7.38. The predicted octanol–water partition coefficient (Wildman–Crippen LogP) is 0.816. The first-order valence-electron chi connectivity index (χ1n) is 6.97. The van der Waals surface area contributed by atoms with Gasteiger partial charge in [0.05, 0.1) is 0 Å². The van der Waals surface area contributed by atoms with E-state index >= 15 is 0 Å². The molecule has 1 atom stereocenters. The Hall–Kier alpha value is -1.18. The van der Waals surface area contributed by atoms with Gasteiger partial charge in [0.25, 0.3) is 0 Å². The van der Waals surface area contributed by atoms with Crippen LogP contribution in [0.15, 0.2) is 23.2 Å². The minimum absolute atomic E-state index is 0.0452. The number of aromatic nitrogens is 1. The maximum atomic E-state index is 11.2. The normalized spacial score (nSPS) is 25.1. The molecule has 1 saturated carbocycles. The highest BCUT2D eigenvalue weighted by molar-refractivity contribution is 7.89. The first-order valence-corrected chi connectivity index (χ1v) is 8.52. The molecule has 2 heterocycles. The summed E-state index contributed by atoms with van der Waals surface area (Å²) < 4.78 is 22.3. The van der Waals surface area contributed by atoms with E-state index in [0.717, 1.165) is 19.4 Å². The molecule has 6 nitrogen and oxygen atoms in total. The lowest BCUT2D eigenvalue weighted by molar-refractivity contribution is 0.135. The van der Waals surface area contributed by atoms with Crippen LogP contribution in [-0.4, -0.2) is 31.5 Å². The summed E-state index contributed by atoms with van der Waals surface area (Å²) in [5, 5.41) is 12.1. The number of nitrogens with two attached hydrogens (primary N) is 1. The van der Waals surface area contributed by atoms with Crippen molar-refractivity contribution in [2.45, 2.75) is 48.6 Å². The van der Waals surface area contributed by atoms with Crippen LogP contribution in [-0.2, 0) is 10.0 Å². The number of hydrogen-bond donors (Lipinski definition) is 3. The molecular weight excluding hydrogens is 276 g/mol. The lowest BCUT2D eigenvalue weighted by Gasteiger charge is -2.48. The summed E-state index contributed by atoms with van der Waals surface area (Å²) in [4.78, 5) is 4.19. The van der Waals surface area contributed by atoms with Crippen molar-refractivity contribution < 1.29 is 8.42 Å². The van der Waals surface area contributed by atoms with Crippen molar-refractivity contribution in [2.24, 2.45) is 5.14 Å². The number of anilines is 1. The third-order valence-corrected chi connectivity index (χ3v) is 5.26. The van der Waals surface area contributed by atoms with Crippen LogP contribution in [0.1, 0.15) is 32.1 Å². The molecule has 1 aromatic heterocycles. The fraction of sp³-hybridized carbons (Fsp3) is 0.615. The number of sulfonamides is 1. The maximum absolute atomic E-state index is 11.2. The topological polar surface area (TPSA) is 97.1 Å². The van der Waals surface area contributed by atoms with Gasteiger partial charge in [-0.25, -0.2) is 18.5 Å². The SMILES string of the molecule is NS(=O)(=O)c1ccc(NC2CCNC3(CCC3)C2)nc1. The maximum Gasteiger partial charge on any atom is 0.239 e. The van der Waals surface area contributed by atoms with Gasteiger partial charge in [-0.1, -0.05) is 0 Å². The van der Waals surface area contributed by atoms with Crippen molar-refractivity contribution in [2.75, 3.05) is 11.9 Å². The number of nitrogens with zero attached hydrogens (tertiary/aromatic N) is 1. The number of piperidine rings is 1. The van der Waals surface area contributed by atoms with Crippen LogP contribution in [0.2, 0.25) is 0 Å². The molecule has 0 amide bonds. The van der Waals surface area contributed by atoms with Crippen LogP contribution in [0.4, 0.5) is 5.82 Å². The van der Waals surface area contributed by atoms with Crippen molar-refractivity contribution in [3.05, 3.63) is 18.3 Å². The van der Waals surface area contributed by atoms with Crippen molar-refractivity contribution >= 4 is 15.8 Å². The molecule has 2 fully saturated rings. The first kappa shape index (κ1) is 13.8. The average molecular weight is 296 g/mol. The van der Waals surface area contributed by atoms with Crippen LogP contribution in [0.25, 0.3) is 0 Å². The molecule has 0 aromatic carbocycles. The van der Waals surface area contributed by atoms with Gasteiger partial charge in [-0.15, -0.1) is 0 Å². The van der Waals surface area contributed by atoms with E-state index in [-0.39, 0.29) is 4.90 Å². The van der Waals surface area contributed by atoms with Gasteiger partial charge in [0.15, 0.2) is 0 Å². The van der Waals surface area contributed by atoms with Gasteiger partial charge in [0.1, 0.15) is 10.7 Å². The predicted molar refractivity (Wildman–Crippen MR) is 76.8 cm³/mol. The van der Waals surface area contributed by atoms with E-state index < -0.39 is 10.0 Å². The van der Waals surface area contributed by atoms with E-state index in [1.165, 1.54) is 31.5 Å². The summed E-state index contributed by atoms with van der Waals surface area (Å²) in [7, 11) is -3.67. The Bertz CT molecular complexity index is 581. The van der Waals surface area contributed by atoms with Crippen LogP contribution < -0.4 is 15.8 Å². The largest absolute Gasteiger partial charge is 0.367 e. The minimum Gasteiger partial charge on any atom is -0.367 e. The summed E-state index contributed by atoms with van der Waals surface area (Å²) in [6, 6.07) is 3.56. The van der Waals surface area contributed by atoms with Crippen LogP contribution in [0.3, 0.4) is 0 Å². The van der Waals surface area contributed by atoms with Crippen molar-refractivity contribution in [3.8, 4) is 0 Å². The molecule has 20 heavy (non-hydrogen) atoms. The fourth-order valence-corrected chi connectivity index (χ4v) is 3.57. The number of rotatable bonds is 3. The average Bonchev–Trinajstić information content (AvgIpc) is 2.37. The lowest BCUT2D eigenvalue weighted by atomic mass is 9.70. The Morgan fingerprint density at radius 2 is 2.20 bits per heavy atom. The molecule has 1 spiro atoms. The Kier molecular flexibility index (Phi) is 3.43. The standard InChI is InChI=1S/C13H20N4O2S/c14-20(18,19)11-2-3-12(15-9-11)17-10-4-7-16-13(8-10)5-1-6-13/h2-3,9-10,16H,1,4-8H2,(H,15,17)(H2,14,18,19). The number of primary sulfonamides is 1. The van der Waals surface area contributed by atoms with Gasteiger partial charge in [-0.3, -0.25) is 0 Å². The molecule has 1 saturated heterocycles. The van der Waals surface area contributed by atoms with E-state index in [2.05, 4.69) is 15.6 Å². The molecule has 1 unspecified atom stereocenters. The van der Waals surface area contributed by atoms with Gasteiger partial charge in [0, 0.05) is 17.8 Å². The molecule has 1 aromatic rings. The molecule has 110 valence electrons. The minimum atomic E-state index is -3.67. The first-order chi connectivity index (χ1) is 9.47.